The van der Waals surface area contributed by atoms with Crippen molar-refractivity contribution in [3.8, 4) is 11.1 Å². The molecule has 2 aliphatic heterocycles. The Labute approximate surface area is 252 Å². The molecule has 3 heterocycles. The molecule has 0 radical (unpaired) electrons. The van der Waals surface area contributed by atoms with Crippen LogP contribution in [-0.2, 0) is 14.3 Å². The molecule has 2 bridgehead atoms. The summed E-state index contributed by atoms with van der Waals surface area (Å²) in [5, 5.41) is 15.5. The van der Waals surface area contributed by atoms with Crippen molar-refractivity contribution in [2.45, 2.75) is 51.2 Å². The quantitative estimate of drug-likeness (QED) is 0.263. The summed E-state index contributed by atoms with van der Waals surface area (Å²) >= 11 is 5.95. The van der Waals surface area contributed by atoms with Crippen molar-refractivity contribution >= 4 is 46.4 Å². The van der Waals surface area contributed by atoms with E-state index in [-0.39, 0.29) is 33.8 Å². The summed E-state index contributed by atoms with van der Waals surface area (Å²) in [5.41, 5.74) is 8.79. The minimum Gasteiger partial charge on any atom is -0.465 e. The number of hydrogen-bond donors (Lipinski definition) is 3. The van der Waals surface area contributed by atoms with Crippen LogP contribution < -0.4 is 21.4 Å². The molecule has 0 aliphatic carbocycles. The van der Waals surface area contributed by atoms with E-state index in [1.54, 1.807) is 43.5 Å². The van der Waals surface area contributed by atoms with Gasteiger partial charge in [0.05, 0.1) is 46.8 Å². The Hall–Kier alpha value is -4.58. The maximum atomic E-state index is 14.7. The van der Waals surface area contributed by atoms with Crippen molar-refractivity contribution in [3.05, 3.63) is 70.8 Å². The van der Waals surface area contributed by atoms with Crippen LogP contribution in [0.25, 0.3) is 11.1 Å². The summed E-state index contributed by atoms with van der Waals surface area (Å²) in [6.07, 6.45) is 3.25. The second-order valence-electron chi connectivity index (χ2n) is 10.6. The zero-order valence-electron chi connectivity index (χ0n) is 23.8. The third-order valence-corrected chi connectivity index (χ3v) is 8.05. The van der Waals surface area contributed by atoms with Crippen molar-refractivity contribution < 1.29 is 23.5 Å². The van der Waals surface area contributed by atoms with Gasteiger partial charge in [-0.3, -0.25) is 14.6 Å². The maximum absolute atomic E-state index is 14.7. The van der Waals surface area contributed by atoms with Gasteiger partial charge in [-0.05, 0) is 61.7 Å². The van der Waals surface area contributed by atoms with Gasteiger partial charge in [0.25, 0.3) is 0 Å². The first-order valence-electron chi connectivity index (χ1n) is 13.8. The number of anilines is 3. The molecule has 4 atom stereocenters. The lowest BCUT2D eigenvalue weighted by molar-refractivity contribution is -0.123. The van der Waals surface area contributed by atoms with Gasteiger partial charge in [-0.25, -0.2) is 14.2 Å². The molecule has 13 heteroatoms. The number of aromatic nitrogens is 1. The molecule has 2 aromatic carbocycles. The van der Waals surface area contributed by atoms with Gasteiger partial charge >= 0.3 is 5.97 Å². The van der Waals surface area contributed by atoms with Crippen LogP contribution in [0.2, 0.25) is 5.02 Å². The smallest absolute Gasteiger partial charge is 0.339 e. The molecule has 224 valence electrons. The highest BCUT2D eigenvalue weighted by Gasteiger charge is 2.37. The Kier molecular flexibility index (Phi) is 8.58. The number of nitrogens with two attached hydrogens (primary N) is 1. The lowest BCUT2D eigenvalue weighted by atomic mass is 9.94. The van der Waals surface area contributed by atoms with E-state index in [9.17, 15) is 18.8 Å². The standard InChI is InChI=1S/C30H31ClFN7O4/c1-15-6-4-8-22(35-29(41)27-16(2)39(38-37-27)25-9-5-7-20(31)26(25)32)24-12-17(10-11-34-24)18-13-19(30(42)43-3)21(33)14-23(18)36-28(15)40/h5,7,9-16,22,27H,4,6,8,33H2,1-3H3,(H,35,41)(H,36,40). The average molecular weight is 608 g/mol. The Morgan fingerprint density at radius 3 is 2.74 bits per heavy atom. The molecule has 1 aromatic heterocycles. The number of rotatable bonds is 4. The van der Waals surface area contributed by atoms with Gasteiger partial charge < -0.3 is 21.1 Å². The van der Waals surface area contributed by atoms with Crippen LogP contribution in [0.1, 0.15) is 55.2 Å². The molecular weight excluding hydrogens is 577 g/mol. The highest BCUT2D eigenvalue weighted by atomic mass is 35.5. The van der Waals surface area contributed by atoms with Crippen molar-refractivity contribution in [1.82, 2.24) is 10.3 Å². The summed E-state index contributed by atoms with van der Waals surface area (Å²) < 4.78 is 19.6. The van der Waals surface area contributed by atoms with E-state index < -0.39 is 35.8 Å². The normalized spacial score (nSPS) is 21.7. The first-order chi connectivity index (χ1) is 20.6. The number of esters is 1. The lowest BCUT2D eigenvalue weighted by Gasteiger charge is -2.25. The fourth-order valence-corrected chi connectivity index (χ4v) is 5.42. The summed E-state index contributed by atoms with van der Waals surface area (Å²) in [5.74, 6) is -2.21. The van der Waals surface area contributed by atoms with Crippen LogP contribution >= 0.6 is 11.6 Å². The van der Waals surface area contributed by atoms with E-state index in [1.165, 1.54) is 24.3 Å². The highest BCUT2D eigenvalue weighted by Crippen LogP contribution is 2.36. The Bertz CT molecular complexity index is 1620. The maximum Gasteiger partial charge on any atom is 0.339 e. The van der Waals surface area contributed by atoms with Gasteiger partial charge in [0.2, 0.25) is 11.8 Å². The Morgan fingerprint density at radius 2 is 1.98 bits per heavy atom. The molecule has 0 saturated carbocycles. The summed E-state index contributed by atoms with van der Waals surface area (Å²) in [6.45, 7) is 3.55. The molecule has 2 aliphatic rings. The van der Waals surface area contributed by atoms with Crippen LogP contribution in [0.15, 0.2) is 59.0 Å². The van der Waals surface area contributed by atoms with Crippen molar-refractivity contribution in [2.24, 2.45) is 16.3 Å². The number of benzene rings is 2. The van der Waals surface area contributed by atoms with E-state index in [2.05, 4.69) is 26.0 Å². The van der Waals surface area contributed by atoms with Gasteiger partial charge in [0.15, 0.2) is 11.9 Å². The number of carbonyl (C=O) groups excluding carboxylic acids is 3. The van der Waals surface area contributed by atoms with Gasteiger partial charge in [0.1, 0.15) is 0 Å². The fraction of sp³-hybridized carbons (Fsp3) is 0.333. The fourth-order valence-electron chi connectivity index (χ4n) is 5.25. The minimum absolute atomic E-state index is 0.0575. The number of pyridine rings is 1. The zero-order chi connectivity index (χ0) is 30.8. The largest absolute Gasteiger partial charge is 0.465 e. The third kappa shape index (κ3) is 6.00. The number of ether oxygens (including phenoxy) is 1. The van der Waals surface area contributed by atoms with Gasteiger partial charge in [-0.1, -0.05) is 36.2 Å². The Balaban J connectivity index is 1.47. The monoisotopic (exact) mass is 607 g/mol. The van der Waals surface area contributed by atoms with E-state index in [0.717, 1.165) is 0 Å². The summed E-state index contributed by atoms with van der Waals surface area (Å²) in [6, 6.07) is 9.17. The number of nitrogens with one attached hydrogen (secondary N) is 2. The van der Waals surface area contributed by atoms with Gasteiger partial charge in [-0.15, -0.1) is 0 Å². The van der Waals surface area contributed by atoms with Gasteiger partial charge in [0, 0.05) is 23.4 Å². The number of halogens is 2. The number of carbonyl (C=O) groups is 3. The predicted octanol–water partition coefficient (Wildman–Crippen LogP) is 5.47. The molecule has 11 nitrogen and oxygen atoms in total. The topological polar surface area (TPSA) is 151 Å². The molecule has 0 spiro atoms. The van der Waals surface area contributed by atoms with Crippen LogP contribution in [0.4, 0.5) is 21.5 Å². The van der Waals surface area contributed by atoms with Crippen molar-refractivity contribution in [2.75, 3.05) is 23.2 Å². The molecule has 4 unspecified atom stereocenters. The highest BCUT2D eigenvalue weighted by molar-refractivity contribution is 6.31. The Morgan fingerprint density at radius 1 is 1.19 bits per heavy atom. The lowest BCUT2D eigenvalue weighted by Crippen LogP contribution is -2.44. The number of fused-ring (bicyclic) bond motifs is 4. The molecule has 2 amide bonds. The predicted molar refractivity (Wildman–Crippen MR) is 160 cm³/mol. The average Bonchev–Trinajstić information content (AvgIpc) is 3.38. The second-order valence-corrected chi connectivity index (χ2v) is 11.0. The molecule has 3 aromatic rings. The van der Waals surface area contributed by atoms with Crippen LogP contribution in [-0.4, -0.2) is 42.0 Å². The SMILES string of the molecule is COC(=O)c1cc2c(cc1N)NC(=O)C(C)CCCC(NC(=O)C1N=NN(c3cccc(Cl)c3F)C1C)c1cc-2ccn1. The van der Waals surface area contributed by atoms with E-state index in [4.69, 9.17) is 22.1 Å². The van der Waals surface area contributed by atoms with Crippen LogP contribution in [0, 0.1) is 11.7 Å². The number of nitrogen functional groups attached to an aromatic ring is 1. The van der Waals surface area contributed by atoms with Crippen molar-refractivity contribution in [1.29, 1.82) is 0 Å². The van der Waals surface area contributed by atoms with Gasteiger partial charge in [-0.2, -0.15) is 5.11 Å². The number of methoxy groups -OCH3 is 1. The minimum atomic E-state index is -0.918. The second kappa shape index (κ2) is 12.3. The number of hydrogen-bond acceptors (Lipinski definition) is 9. The number of nitrogens with zero attached hydrogens (tertiary/aromatic N) is 4. The molecule has 0 saturated heterocycles. The first kappa shape index (κ1) is 29.9. The molecule has 0 fully saturated rings. The first-order valence-corrected chi connectivity index (χ1v) is 14.2. The van der Waals surface area contributed by atoms with E-state index in [0.29, 0.717) is 41.8 Å². The molecule has 4 N–H and O–H groups in total. The molecule has 5 rings (SSSR count). The zero-order valence-corrected chi connectivity index (χ0v) is 24.6. The number of amides is 2. The summed E-state index contributed by atoms with van der Waals surface area (Å²) in [4.78, 5) is 43.6. The van der Waals surface area contributed by atoms with E-state index in [1.807, 2.05) is 6.92 Å². The van der Waals surface area contributed by atoms with Crippen LogP contribution in [0.3, 0.4) is 0 Å². The van der Waals surface area contributed by atoms with Crippen molar-refractivity contribution in [3.63, 3.8) is 0 Å². The van der Waals surface area contributed by atoms with E-state index >= 15 is 0 Å². The van der Waals surface area contributed by atoms with Crippen LogP contribution in [0.5, 0.6) is 0 Å². The third-order valence-electron chi connectivity index (χ3n) is 7.76. The molecule has 43 heavy (non-hydrogen) atoms. The summed E-state index contributed by atoms with van der Waals surface area (Å²) in [7, 11) is 1.26. The molecular formula is C30H31ClFN7O4.